The molecule has 1 amide bonds. The normalized spacial score (nSPS) is 16.5. The Balaban J connectivity index is 1.46. The van der Waals surface area contributed by atoms with Crippen molar-refractivity contribution in [3.05, 3.63) is 60.1 Å². The lowest BCUT2D eigenvalue weighted by Crippen LogP contribution is -2.34. The number of hydrogen-bond acceptors (Lipinski definition) is 3. The van der Waals surface area contributed by atoms with Crippen LogP contribution in [-0.2, 0) is 17.8 Å². The summed E-state index contributed by atoms with van der Waals surface area (Å²) in [4.78, 5) is 16.6. The number of carbonyl (C=O) groups excluding carboxylic acids is 1. The first kappa shape index (κ1) is 15.8. The molecule has 1 fully saturated rings. The summed E-state index contributed by atoms with van der Waals surface area (Å²) in [7, 11) is 0. The summed E-state index contributed by atoms with van der Waals surface area (Å²) < 4.78 is 5.12. The van der Waals surface area contributed by atoms with Gasteiger partial charge < -0.3 is 9.32 Å². The van der Waals surface area contributed by atoms with E-state index in [4.69, 9.17) is 4.42 Å². The first-order chi connectivity index (χ1) is 11.3. The van der Waals surface area contributed by atoms with Gasteiger partial charge in [-0.05, 0) is 24.5 Å². The van der Waals surface area contributed by atoms with E-state index in [0.29, 0.717) is 6.42 Å². The molecule has 4 heteroatoms. The molecule has 23 heavy (non-hydrogen) atoms. The maximum atomic E-state index is 12.3. The van der Waals surface area contributed by atoms with Gasteiger partial charge in [0.15, 0.2) is 0 Å². The summed E-state index contributed by atoms with van der Waals surface area (Å²) in [6.07, 6.45) is 6.16. The molecule has 1 aliphatic rings. The van der Waals surface area contributed by atoms with Crippen molar-refractivity contribution in [3.8, 4) is 0 Å². The van der Waals surface area contributed by atoms with E-state index in [0.717, 1.165) is 45.6 Å². The van der Waals surface area contributed by atoms with E-state index in [1.54, 1.807) is 12.5 Å². The number of furan rings is 1. The van der Waals surface area contributed by atoms with E-state index in [-0.39, 0.29) is 5.91 Å². The summed E-state index contributed by atoms with van der Waals surface area (Å²) in [5.41, 5.74) is 2.52. The smallest absolute Gasteiger partial charge is 0.223 e. The van der Waals surface area contributed by atoms with Crippen molar-refractivity contribution in [2.75, 3.05) is 26.2 Å². The summed E-state index contributed by atoms with van der Waals surface area (Å²) in [5.74, 6) is 0.285. The molecule has 122 valence electrons. The van der Waals surface area contributed by atoms with Crippen LogP contribution in [-0.4, -0.2) is 41.9 Å². The maximum Gasteiger partial charge on any atom is 0.223 e. The molecule has 2 aromatic rings. The average Bonchev–Trinajstić information content (AvgIpc) is 3.02. The number of hydrogen-bond donors (Lipinski definition) is 0. The van der Waals surface area contributed by atoms with Crippen LogP contribution in [0.5, 0.6) is 0 Å². The summed E-state index contributed by atoms with van der Waals surface area (Å²) in [5, 5.41) is 0. The van der Waals surface area contributed by atoms with Gasteiger partial charge in [0.25, 0.3) is 0 Å². The van der Waals surface area contributed by atoms with Crippen LogP contribution >= 0.6 is 0 Å². The molecule has 2 heterocycles. The predicted octanol–water partition coefficient (Wildman–Crippen LogP) is 2.95. The summed E-state index contributed by atoms with van der Waals surface area (Å²) >= 11 is 0. The summed E-state index contributed by atoms with van der Waals surface area (Å²) in [6.45, 7) is 4.31. The van der Waals surface area contributed by atoms with Crippen molar-refractivity contribution in [2.24, 2.45) is 0 Å². The highest BCUT2D eigenvalue weighted by Gasteiger charge is 2.20. The van der Waals surface area contributed by atoms with Crippen molar-refractivity contribution in [1.82, 2.24) is 9.80 Å². The SMILES string of the molecule is O=C1CCN(Cc2ccoc2)CCN1CCCc1ccccc1. The average molecular weight is 312 g/mol. The number of amides is 1. The van der Waals surface area contributed by atoms with Crippen molar-refractivity contribution in [3.63, 3.8) is 0 Å². The van der Waals surface area contributed by atoms with Crippen LogP contribution in [0.3, 0.4) is 0 Å². The van der Waals surface area contributed by atoms with Crippen molar-refractivity contribution < 1.29 is 9.21 Å². The number of benzene rings is 1. The van der Waals surface area contributed by atoms with Gasteiger partial charge in [0.05, 0.1) is 12.5 Å². The van der Waals surface area contributed by atoms with Gasteiger partial charge in [-0.25, -0.2) is 0 Å². The van der Waals surface area contributed by atoms with Gasteiger partial charge in [0.1, 0.15) is 0 Å². The molecule has 4 nitrogen and oxygen atoms in total. The molecule has 0 saturated carbocycles. The zero-order chi connectivity index (χ0) is 15.9. The highest BCUT2D eigenvalue weighted by molar-refractivity contribution is 5.76. The molecule has 0 bridgehead atoms. The Morgan fingerprint density at radius 3 is 2.65 bits per heavy atom. The standard InChI is InChI=1S/C19H24N2O2/c22-19-8-11-20(15-18-9-14-23-16-18)12-13-21(19)10-4-7-17-5-2-1-3-6-17/h1-3,5-6,9,14,16H,4,7-8,10-13,15H2. The quantitative estimate of drug-likeness (QED) is 0.823. The minimum Gasteiger partial charge on any atom is -0.472 e. The van der Waals surface area contributed by atoms with Crippen LogP contribution in [0.2, 0.25) is 0 Å². The van der Waals surface area contributed by atoms with Gasteiger partial charge in [-0.3, -0.25) is 9.69 Å². The Kier molecular flexibility index (Phi) is 5.48. The summed E-state index contributed by atoms with van der Waals surface area (Å²) in [6, 6.07) is 12.5. The molecule has 0 aliphatic carbocycles. The van der Waals surface area contributed by atoms with Crippen LogP contribution in [0, 0.1) is 0 Å². The molecule has 0 spiro atoms. The van der Waals surface area contributed by atoms with E-state index in [2.05, 4.69) is 29.2 Å². The molecule has 3 rings (SSSR count). The molecule has 1 aliphatic heterocycles. The van der Waals surface area contributed by atoms with E-state index < -0.39 is 0 Å². The van der Waals surface area contributed by atoms with Gasteiger partial charge in [-0.1, -0.05) is 30.3 Å². The lowest BCUT2D eigenvalue weighted by molar-refractivity contribution is -0.130. The largest absolute Gasteiger partial charge is 0.472 e. The number of carbonyl (C=O) groups is 1. The fourth-order valence-corrected chi connectivity index (χ4v) is 3.06. The Bertz CT molecular complexity index is 595. The van der Waals surface area contributed by atoms with Crippen molar-refractivity contribution in [2.45, 2.75) is 25.8 Å². The molecule has 0 N–H and O–H groups in total. The molecular weight excluding hydrogens is 288 g/mol. The third kappa shape index (κ3) is 4.70. The first-order valence-electron chi connectivity index (χ1n) is 8.36. The van der Waals surface area contributed by atoms with Crippen LogP contribution in [0.4, 0.5) is 0 Å². The minimum atomic E-state index is 0.285. The Morgan fingerprint density at radius 1 is 1.00 bits per heavy atom. The fraction of sp³-hybridized carbons (Fsp3) is 0.421. The highest BCUT2D eigenvalue weighted by atomic mass is 16.3. The van der Waals surface area contributed by atoms with E-state index in [1.807, 2.05) is 17.0 Å². The van der Waals surface area contributed by atoms with Gasteiger partial charge in [-0.2, -0.15) is 0 Å². The second-order valence-corrected chi connectivity index (χ2v) is 6.13. The Morgan fingerprint density at radius 2 is 1.87 bits per heavy atom. The second kappa shape index (κ2) is 7.97. The van der Waals surface area contributed by atoms with E-state index >= 15 is 0 Å². The fourth-order valence-electron chi connectivity index (χ4n) is 3.06. The van der Waals surface area contributed by atoms with Gasteiger partial charge >= 0.3 is 0 Å². The molecule has 1 aromatic carbocycles. The lowest BCUT2D eigenvalue weighted by Gasteiger charge is -2.21. The molecule has 0 unspecified atom stereocenters. The number of aryl methyl sites for hydroxylation is 1. The van der Waals surface area contributed by atoms with Crippen LogP contribution in [0.25, 0.3) is 0 Å². The van der Waals surface area contributed by atoms with Gasteiger partial charge in [-0.15, -0.1) is 0 Å². The molecule has 1 saturated heterocycles. The highest BCUT2D eigenvalue weighted by Crippen LogP contribution is 2.11. The zero-order valence-electron chi connectivity index (χ0n) is 13.5. The predicted molar refractivity (Wildman–Crippen MR) is 89.9 cm³/mol. The van der Waals surface area contributed by atoms with Crippen LogP contribution in [0.15, 0.2) is 53.3 Å². The first-order valence-corrected chi connectivity index (χ1v) is 8.36. The Hall–Kier alpha value is -2.07. The molecule has 0 atom stereocenters. The molecular formula is C19H24N2O2. The minimum absolute atomic E-state index is 0.285. The van der Waals surface area contributed by atoms with Gasteiger partial charge in [0.2, 0.25) is 5.91 Å². The van der Waals surface area contributed by atoms with E-state index in [1.165, 1.54) is 11.1 Å². The third-order valence-corrected chi connectivity index (χ3v) is 4.40. The van der Waals surface area contributed by atoms with Crippen molar-refractivity contribution in [1.29, 1.82) is 0 Å². The zero-order valence-corrected chi connectivity index (χ0v) is 13.5. The van der Waals surface area contributed by atoms with Gasteiger partial charge in [0, 0.05) is 44.7 Å². The molecule has 1 aromatic heterocycles. The topological polar surface area (TPSA) is 36.7 Å². The maximum absolute atomic E-state index is 12.3. The third-order valence-electron chi connectivity index (χ3n) is 4.40. The monoisotopic (exact) mass is 312 g/mol. The van der Waals surface area contributed by atoms with Crippen molar-refractivity contribution >= 4 is 5.91 Å². The lowest BCUT2D eigenvalue weighted by atomic mass is 10.1. The van der Waals surface area contributed by atoms with E-state index in [9.17, 15) is 4.79 Å². The Labute approximate surface area is 137 Å². The number of rotatable bonds is 6. The second-order valence-electron chi connectivity index (χ2n) is 6.13. The van der Waals surface area contributed by atoms with Crippen LogP contribution < -0.4 is 0 Å². The number of nitrogens with zero attached hydrogens (tertiary/aromatic N) is 2. The van der Waals surface area contributed by atoms with Crippen LogP contribution in [0.1, 0.15) is 24.0 Å². The molecule has 0 radical (unpaired) electrons.